The number of sulfonamides is 1. The Balaban J connectivity index is 1.31. The average Bonchev–Trinajstić information content (AvgIpc) is 2.72. The number of nitrogens with one attached hydrogen (secondary N) is 1. The molecule has 4 aliphatic rings. The number of benzene rings is 2. The summed E-state index contributed by atoms with van der Waals surface area (Å²) in [5.41, 5.74) is 3.44. The highest BCUT2D eigenvalue weighted by Gasteiger charge is 2.51. The van der Waals surface area contributed by atoms with Crippen molar-refractivity contribution in [1.29, 1.82) is 0 Å². The van der Waals surface area contributed by atoms with Crippen LogP contribution < -0.4 is 9.62 Å². The van der Waals surface area contributed by atoms with Gasteiger partial charge in [-0.15, -0.1) is 0 Å². The molecule has 0 aromatic heterocycles. The van der Waals surface area contributed by atoms with Crippen molar-refractivity contribution < 1.29 is 13.2 Å². The van der Waals surface area contributed by atoms with Crippen molar-refractivity contribution >= 4 is 27.3 Å². The standard InChI is InChI=1S/C25H30N2O3S/c1-27(31(2,29)30)23-5-3-4-20(13-23)24(28)26-22-8-6-21(7-9-22)25-14-17-10-18(15-25)12-19(11-17)16-25/h3-9,13,17-19H,10-12,14-16H2,1-2H3,(H,26,28). The molecule has 0 saturated heterocycles. The van der Waals surface area contributed by atoms with E-state index in [1.165, 1.54) is 55.4 Å². The number of hydrogen-bond donors (Lipinski definition) is 1. The maximum absolute atomic E-state index is 12.8. The van der Waals surface area contributed by atoms with Crippen LogP contribution in [0.2, 0.25) is 0 Å². The zero-order chi connectivity index (χ0) is 21.8. The Hall–Kier alpha value is -2.34. The second-order valence-electron chi connectivity index (χ2n) is 10.0. The molecule has 0 atom stereocenters. The molecule has 1 amide bonds. The van der Waals surface area contributed by atoms with Gasteiger partial charge in [-0.3, -0.25) is 9.10 Å². The Morgan fingerprint density at radius 2 is 1.55 bits per heavy atom. The van der Waals surface area contributed by atoms with Crippen LogP contribution in [0.15, 0.2) is 48.5 Å². The van der Waals surface area contributed by atoms with Crippen LogP contribution in [0.5, 0.6) is 0 Å². The third kappa shape index (κ3) is 3.86. The molecule has 4 bridgehead atoms. The first-order valence-electron chi connectivity index (χ1n) is 11.2. The van der Waals surface area contributed by atoms with Gasteiger partial charge >= 0.3 is 0 Å². The summed E-state index contributed by atoms with van der Waals surface area (Å²) in [6.45, 7) is 0. The van der Waals surface area contributed by atoms with Gasteiger partial charge in [0.1, 0.15) is 0 Å². The second-order valence-corrected chi connectivity index (χ2v) is 12.0. The third-order valence-electron chi connectivity index (χ3n) is 7.76. The van der Waals surface area contributed by atoms with Gasteiger partial charge in [-0.2, -0.15) is 0 Å². The lowest BCUT2D eigenvalue weighted by Gasteiger charge is -2.57. The number of carbonyl (C=O) groups is 1. The quantitative estimate of drug-likeness (QED) is 0.729. The molecular weight excluding hydrogens is 408 g/mol. The fraction of sp³-hybridized carbons (Fsp3) is 0.480. The number of nitrogens with zero attached hydrogens (tertiary/aromatic N) is 1. The van der Waals surface area contributed by atoms with Gasteiger partial charge in [0.15, 0.2) is 0 Å². The lowest BCUT2D eigenvalue weighted by atomic mass is 9.48. The van der Waals surface area contributed by atoms with Crippen LogP contribution in [-0.2, 0) is 15.4 Å². The number of anilines is 2. The zero-order valence-electron chi connectivity index (χ0n) is 18.2. The Bertz CT molecular complexity index is 1070. The first-order valence-corrected chi connectivity index (χ1v) is 13.0. The molecule has 6 rings (SSSR count). The number of rotatable bonds is 5. The Kier molecular flexibility index (Phi) is 4.88. The normalized spacial score (nSPS) is 29.0. The predicted octanol–water partition coefficient (Wildman–Crippen LogP) is 4.80. The van der Waals surface area contributed by atoms with Gasteiger partial charge in [0.25, 0.3) is 5.91 Å². The van der Waals surface area contributed by atoms with E-state index in [-0.39, 0.29) is 5.91 Å². The SMILES string of the molecule is CN(c1cccc(C(=O)Nc2ccc(C34CC5CC(CC(C5)C3)C4)cc2)c1)S(C)(=O)=O. The Labute approximate surface area is 184 Å². The molecule has 5 nitrogen and oxygen atoms in total. The summed E-state index contributed by atoms with van der Waals surface area (Å²) in [5.74, 6) is 2.47. The van der Waals surface area contributed by atoms with Gasteiger partial charge in [-0.25, -0.2) is 8.42 Å². The maximum atomic E-state index is 12.8. The van der Waals surface area contributed by atoms with Gasteiger partial charge in [0, 0.05) is 18.3 Å². The summed E-state index contributed by atoms with van der Waals surface area (Å²) < 4.78 is 24.8. The van der Waals surface area contributed by atoms with Gasteiger partial charge in [-0.05, 0) is 97.6 Å². The largest absolute Gasteiger partial charge is 0.322 e. The van der Waals surface area contributed by atoms with E-state index >= 15 is 0 Å². The minimum Gasteiger partial charge on any atom is -0.322 e. The summed E-state index contributed by atoms with van der Waals surface area (Å²) in [6.07, 6.45) is 9.41. The van der Waals surface area contributed by atoms with E-state index in [4.69, 9.17) is 0 Å². The maximum Gasteiger partial charge on any atom is 0.255 e. The first-order chi connectivity index (χ1) is 14.7. The van der Waals surface area contributed by atoms with Gasteiger partial charge < -0.3 is 5.32 Å². The molecule has 2 aromatic rings. The Morgan fingerprint density at radius 3 is 2.10 bits per heavy atom. The highest BCUT2D eigenvalue weighted by Crippen LogP contribution is 2.60. The summed E-state index contributed by atoms with van der Waals surface area (Å²) >= 11 is 0. The topological polar surface area (TPSA) is 66.5 Å². The van der Waals surface area contributed by atoms with Gasteiger partial charge in [-0.1, -0.05) is 18.2 Å². The fourth-order valence-corrected chi connectivity index (χ4v) is 7.11. The van der Waals surface area contributed by atoms with Crippen molar-refractivity contribution in [2.75, 3.05) is 22.9 Å². The van der Waals surface area contributed by atoms with Crippen LogP contribution in [-0.4, -0.2) is 27.6 Å². The monoisotopic (exact) mass is 438 g/mol. The van der Waals surface area contributed by atoms with Crippen molar-refractivity contribution in [2.45, 2.75) is 43.9 Å². The smallest absolute Gasteiger partial charge is 0.255 e. The lowest BCUT2D eigenvalue weighted by Crippen LogP contribution is -2.48. The van der Waals surface area contributed by atoms with Crippen LogP contribution in [0.1, 0.15) is 54.4 Å². The van der Waals surface area contributed by atoms with E-state index in [2.05, 4.69) is 17.4 Å². The van der Waals surface area contributed by atoms with E-state index in [0.29, 0.717) is 16.7 Å². The van der Waals surface area contributed by atoms with Crippen LogP contribution in [0, 0.1) is 17.8 Å². The molecule has 1 N–H and O–H groups in total. The van der Waals surface area contributed by atoms with Crippen molar-refractivity contribution in [1.82, 2.24) is 0 Å². The third-order valence-corrected chi connectivity index (χ3v) is 8.97. The zero-order valence-corrected chi connectivity index (χ0v) is 19.0. The molecule has 6 heteroatoms. The number of hydrogen-bond acceptors (Lipinski definition) is 3. The van der Waals surface area contributed by atoms with Crippen molar-refractivity contribution in [2.24, 2.45) is 17.8 Å². The van der Waals surface area contributed by atoms with Gasteiger partial charge in [0.2, 0.25) is 10.0 Å². The highest BCUT2D eigenvalue weighted by atomic mass is 32.2. The summed E-state index contributed by atoms with van der Waals surface area (Å²) in [4.78, 5) is 12.8. The van der Waals surface area contributed by atoms with E-state index in [0.717, 1.165) is 29.7 Å². The molecule has 0 radical (unpaired) electrons. The van der Waals surface area contributed by atoms with Crippen LogP contribution in [0.3, 0.4) is 0 Å². The summed E-state index contributed by atoms with van der Waals surface area (Å²) in [5, 5.41) is 2.96. The van der Waals surface area contributed by atoms with E-state index < -0.39 is 10.0 Å². The first kappa shape index (κ1) is 20.6. The van der Waals surface area contributed by atoms with Crippen LogP contribution in [0.4, 0.5) is 11.4 Å². The fourth-order valence-electron chi connectivity index (χ4n) is 6.61. The second kappa shape index (κ2) is 7.37. The highest BCUT2D eigenvalue weighted by molar-refractivity contribution is 7.92. The number of carbonyl (C=O) groups excluding carboxylic acids is 1. The van der Waals surface area contributed by atoms with Crippen molar-refractivity contribution in [3.63, 3.8) is 0 Å². The van der Waals surface area contributed by atoms with E-state index in [1.807, 2.05) is 12.1 Å². The van der Waals surface area contributed by atoms with Crippen molar-refractivity contribution in [3.05, 3.63) is 59.7 Å². The molecular formula is C25H30N2O3S. The molecule has 4 saturated carbocycles. The minimum absolute atomic E-state index is 0.244. The van der Waals surface area contributed by atoms with E-state index in [9.17, 15) is 13.2 Å². The molecule has 2 aromatic carbocycles. The molecule has 0 unspecified atom stereocenters. The van der Waals surface area contributed by atoms with Crippen LogP contribution in [0.25, 0.3) is 0 Å². The molecule has 0 heterocycles. The molecule has 4 fully saturated rings. The summed E-state index contributed by atoms with van der Waals surface area (Å²) in [6, 6.07) is 15.1. The molecule has 0 aliphatic heterocycles. The molecule has 164 valence electrons. The summed E-state index contributed by atoms with van der Waals surface area (Å²) in [7, 11) is -1.90. The lowest BCUT2D eigenvalue weighted by molar-refractivity contribution is -0.00518. The average molecular weight is 439 g/mol. The minimum atomic E-state index is -3.38. The van der Waals surface area contributed by atoms with E-state index in [1.54, 1.807) is 24.3 Å². The van der Waals surface area contributed by atoms with Gasteiger partial charge in [0.05, 0.1) is 11.9 Å². The molecule has 31 heavy (non-hydrogen) atoms. The van der Waals surface area contributed by atoms with Crippen molar-refractivity contribution in [3.8, 4) is 0 Å². The Morgan fingerprint density at radius 1 is 0.968 bits per heavy atom. The number of amides is 1. The van der Waals surface area contributed by atoms with Crippen LogP contribution >= 0.6 is 0 Å². The molecule has 0 spiro atoms. The molecule has 4 aliphatic carbocycles. The predicted molar refractivity (Wildman–Crippen MR) is 124 cm³/mol.